The number of aryl methyl sites for hydroxylation is 1. The minimum absolute atomic E-state index is 0.129. The first-order valence-electron chi connectivity index (χ1n) is 8.59. The number of carbonyl (C=O) groups excluding carboxylic acids is 1. The molecule has 126 valence electrons. The van der Waals surface area contributed by atoms with Crippen molar-refractivity contribution in [2.75, 3.05) is 10.2 Å². The number of amides is 1. The van der Waals surface area contributed by atoms with Gasteiger partial charge in [0.05, 0.1) is 11.2 Å². The van der Waals surface area contributed by atoms with Crippen LogP contribution in [0.2, 0.25) is 0 Å². The predicted molar refractivity (Wildman–Crippen MR) is 104 cm³/mol. The summed E-state index contributed by atoms with van der Waals surface area (Å²) in [5.74, 6) is 0.129. The van der Waals surface area contributed by atoms with E-state index in [4.69, 9.17) is 0 Å². The van der Waals surface area contributed by atoms with E-state index in [0.29, 0.717) is 0 Å². The molecule has 0 radical (unpaired) electrons. The summed E-state index contributed by atoms with van der Waals surface area (Å²) in [4.78, 5) is 16.1. The van der Waals surface area contributed by atoms with Gasteiger partial charge in [0.1, 0.15) is 0 Å². The molecule has 25 heavy (non-hydrogen) atoms. The zero-order valence-electron chi connectivity index (χ0n) is 14.8. The monoisotopic (exact) mass is 348 g/mol. The Bertz CT molecular complexity index is 964. The van der Waals surface area contributed by atoms with Gasteiger partial charge in [-0.1, -0.05) is 36.0 Å². The number of allylic oxidation sites excluding steroid dienone is 1. The number of para-hydroxylation sites is 1. The number of hydrogen-bond donors (Lipinski definition) is 1. The number of hydrogen-bond acceptors (Lipinski definition) is 3. The second kappa shape index (κ2) is 4.50. The number of rotatable bonds is 0. The van der Waals surface area contributed by atoms with E-state index in [1.54, 1.807) is 11.8 Å². The lowest BCUT2D eigenvalue weighted by atomic mass is 9.88. The second-order valence-electron chi connectivity index (χ2n) is 7.73. The van der Waals surface area contributed by atoms with E-state index in [1.165, 1.54) is 16.7 Å². The number of fused-ring (bicyclic) bond motifs is 2. The molecule has 3 aliphatic heterocycles. The van der Waals surface area contributed by atoms with E-state index < -0.39 is 4.87 Å². The summed E-state index contributed by atoms with van der Waals surface area (Å²) in [6.45, 7) is 8.49. The van der Waals surface area contributed by atoms with Gasteiger partial charge in [-0.25, -0.2) is 0 Å². The fraction of sp³-hybridized carbons (Fsp3) is 0.286. The maximum absolute atomic E-state index is 13.7. The van der Waals surface area contributed by atoms with Crippen molar-refractivity contribution in [3.8, 4) is 0 Å². The zero-order chi connectivity index (χ0) is 17.6. The highest BCUT2D eigenvalue weighted by Crippen LogP contribution is 2.61. The van der Waals surface area contributed by atoms with Crippen LogP contribution in [0, 0.1) is 6.92 Å². The molecule has 0 bridgehead atoms. The lowest BCUT2D eigenvalue weighted by molar-refractivity contribution is -0.120. The van der Waals surface area contributed by atoms with Gasteiger partial charge in [0.25, 0.3) is 5.91 Å². The Kier molecular flexibility index (Phi) is 2.71. The van der Waals surface area contributed by atoms with Crippen molar-refractivity contribution in [2.45, 2.75) is 43.0 Å². The highest BCUT2D eigenvalue weighted by Gasteiger charge is 2.59. The molecule has 1 N–H and O–H groups in total. The average molecular weight is 348 g/mol. The molecule has 0 unspecified atom stereocenters. The largest absolute Gasteiger partial charge is 0.358 e. The SMILES string of the molecule is CC1=CC(C)(C)N2C(=O)[C@]3(Nc4ccccc4S3)c3cc(C)cc1c32. The number of nitrogens with zero attached hydrogens (tertiary/aromatic N) is 1. The number of nitrogens with one attached hydrogen (secondary N) is 1. The van der Waals surface area contributed by atoms with E-state index in [2.05, 4.69) is 63.4 Å². The Hall–Kier alpha value is -2.20. The maximum atomic E-state index is 13.7. The van der Waals surface area contributed by atoms with Crippen molar-refractivity contribution >= 4 is 34.6 Å². The normalized spacial score (nSPS) is 24.9. The zero-order valence-corrected chi connectivity index (χ0v) is 15.6. The second-order valence-corrected chi connectivity index (χ2v) is 8.99. The van der Waals surface area contributed by atoms with Crippen molar-refractivity contribution in [3.05, 3.63) is 59.2 Å². The lowest BCUT2D eigenvalue weighted by Gasteiger charge is -2.39. The summed E-state index contributed by atoms with van der Waals surface area (Å²) < 4.78 is 0. The van der Waals surface area contributed by atoms with Crippen LogP contribution in [0.15, 0.2) is 47.4 Å². The Morgan fingerprint density at radius 1 is 1.12 bits per heavy atom. The van der Waals surface area contributed by atoms with E-state index >= 15 is 0 Å². The fourth-order valence-corrected chi connectivity index (χ4v) is 5.75. The van der Waals surface area contributed by atoms with Crippen molar-refractivity contribution in [1.82, 2.24) is 0 Å². The van der Waals surface area contributed by atoms with Crippen molar-refractivity contribution in [2.24, 2.45) is 0 Å². The molecule has 1 atom stereocenters. The first-order valence-corrected chi connectivity index (χ1v) is 9.41. The Labute approximate surface area is 152 Å². The van der Waals surface area contributed by atoms with Gasteiger partial charge in [0.15, 0.2) is 4.87 Å². The van der Waals surface area contributed by atoms with E-state index in [9.17, 15) is 4.79 Å². The lowest BCUT2D eigenvalue weighted by Crippen LogP contribution is -2.51. The van der Waals surface area contributed by atoms with Crippen LogP contribution in [0.4, 0.5) is 11.4 Å². The van der Waals surface area contributed by atoms with Gasteiger partial charge in [-0.15, -0.1) is 0 Å². The molecule has 1 amide bonds. The molecule has 0 saturated heterocycles. The summed E-state index contributed by atoms with van der Waals surface area (Å²) >= 11 is 1.64. The van der Waals surface area contributed by atoms with Crippen LogP contribution in [-0.2, 0) is 9.67 Å². The smallest absolute Gasteiger partial charge is 0.269 e. The quantitative estimate of drug-likeness (QED) is 0.734. The van der Waals surface area contributed by atoms with Gasteiger partial charge >= 0.3 is 0 Å². The van der Waals surface area contributed by atoms with Crippen LogP contribution in [0.1, 0.15) is 37.5 Å². The third-order valence-electron chi connectivity index (χ3n) is 5.39. The Morgan fingerprint density at radius 2 is 1.88 bits per heavy atom. The summed E-state index contributed by atoms with van der Waals surface area (Å²) in [6, 6.07) is 12.6. The van der Waals surface area contributed by atoms with Crippen LogP contribution in [0.3, 0.4) is 0 Å². The molecular formula is C21H20N2OS. The molecule has 2 aromatic rings. The molecule has 4 heteroatoms. The molecule has 3 nitrogen and oxygen atoms in total. The topological polar surface area (TPSA) is 32.3 Å². The van der Waals surface area contributed by atoms with Gasteiger partial charge in [-0.3, -0.25) is 9.69 Å². The van der Waals surface area contributed by atoms with Crippen molar-refractivity contribution in [1.29, 1.82) is 0 Å². The third kappa shape index (κ3) is 1.75. The summed E-state index contributed by atoms with van der Waals surface area (Å²) in [5, 5.41) is 3.56. The Morgan fingerprint density at radius 3 is 2.64 bits per heavy atom. The molecule has 0 saturated carbocycles. The van der Waals surface area contributed by atoms with Gasteiger partial charge in [-0.2, -0.15) is 0 Å². The minimum atomic E-state index is -0.754. The fourth-order valence-electron chi connectivity index (χ4n) is 4.44. The number of benzene rings is 2. The van der Waals surface area contributed by atoms with Crippen LogP contribution >= 0.6 is 11.8 Å². The molecule has 0 aromatic heterocycles. The molecule has 2 aromatic carbocycles. The first-order chi connectivity index (χ1) is 11.8. The number of thioether (sulfide) groups is 1. The highest BCUT2D eigenvalue weighted by molar-refractivity contribution is 8.01. The summed E-state index contributed by atoms with van der Waals surface area (Å²) in [6.07, 6.45) is 2.21. The number of anilines is 2. The summed E-state index contributed by atoms with van der Waals surface area (Å²) in [5.41, 5.74) is 6.48. The van der Waals surface area contributed by atoms with Crippen molar-refractivity contribution in [3.63, 3.8) is 0 Å². The molecule has 0 fully saturated rings. The van der Waals surface area contributed by atoms with Gasteiger partial charge < -0.3 is 5.32 Å². The minimum Gasteiger partial charge on any atom is -0.358 e. The molecule has 3 aliphatic rings. The average Bonchev–Trinajstić information content (AvgIpc) is 3.04. The molecule has 5 rings (SSSR count). The first kappa shape index (κ1) is 15.1. The van der Waals surface area contributed by atoms with E-state index in [0.717, 1.165) is 21.8 Å². The Balaban J connectivity index is 1.81. The highest BCUT2D eigenvalue weighted by atomic mass is 32.2. The van der Waals surface area contributed by atoms with Crippen LogP contribution in [0.5, 0.6) is 0 Å². The van der Waals surface area contributed by atoms with E-state index in [1.807, 2.05) is 17.0 Å². The molecular weight excluding hydrogens is 328 g/mol. The van der Waals surface area contributed by atoms with Gasteiger partial charge in [0, 0.05) is 21.7 Å². The standard InChI is InChI=1S/C21H20N2OS/c1-12-9-14-13(2)11-20(3,4)23-18(14)15(10-12)21(19(23)24)22-16-7-5-6-8-17(16)25-21/h5-11,22H,1-4H3/t21-/m0/s1. The van der Waals surface area contributed by atoms with Crippen molar-refractivity contribution < 1.29 is 4.79 Å². The van der Waals surface area contributed by atoms with Crippen LogP contribution in [0.25, 0.3) is 5.57 Å². The van der Waals surface area contributed by atoms with Crippen LogP contribution < -0.4 is 10.2 Å². The van der Waals surface area contributed by atoms with Crippen LogP contribution in [-0.4, -0.2) is 11.4 Å². The predicted octanol–water partition coefficient (Wildman–Crippen LogP) is 4.91. The number of carbonyl (C=O) groups is 1. The van der Waals surface area contributed by atoms with Gasteiger partial charge in [-0.05, 0) is 57.0 Å². The van der Waals surface area contributed by atoms with Gasteiger partial charge in [0.2, 0.25) is 0 Å². The molecule has 3 heterocycles. The molecule has 0 aliphatic carbocycles. The molecule has 1 spiro atoms. The van der Waals surface area contributed by atoms with E-state index in [-0.39, 0.29) is 11.4 Å². The maximum Gasteiger partial charge on any atom is 0.269 e. The summed E-state index contributed by atoms with van der Waals surface area (Å²) in [7, 11) is 0. The third-order valence-corrected chi connectivity index (χ3v) is 6.77.